The Labute approximate surface area is 643 Å². The van der Waals surface area contributed by atoms with Gasteiger partial charge in [0.25, 0.3) is 5.84 Å². The Morgan fingerprint density at radius 3 is 2.01 bits per heavy atom. The number of H-pyrrole nitrogens is 8. The molecule has 2 unspecified atom stereocenters. The van der Waals surface area contributed by atoms with Gasteiger partial charge in [0.15, 0.2) is 11.0 Å². The standard InChI is InChI=1S/C23H29N7.C23H20N6.C18H18N10.C18H18N6O/c1-16-20(15-24-26-16)22(17-6-4-3-5-7-17)25-18-8-9-21-19(14-18)23(28-27-21)30-12-10-29(2)11-13-30;1-13-17(12-25-27-13)23-16-5-3-2-4-15(16)20-18(26-23)6-7-19-21(20)22(29-28-19)14-8-10-24-11-9-14;1-9-12(8-19-21-9)17-11-5-3-2-4-10(11)15-13(20-17)6-7-14-16(15)18(23-22-14)28-26-24-25-27-28;1-3-15-13(10-21-23-15)14-8-19-16(12-9-20-22-11(12)2)7-17(14)24-6-4-5-18(24)25/h6,8-9,14-15H,3-5,7,10-13H2,1-2H3,(H,24,26)(H,27,28);6-12H,2-5H2,1H3,(H,25,27)(H,28,29);6-8,14,16,22H,2-5H2,1H3,(H,19,20,21);3,7-10H,1,4-6H2,2H3,(H,20,22)(H,21,23)/p+1. The summed E-state index contributed by atoms with van der Waals surface area (Å²) in [7, 11) is 2.17. The number of hydrogen-bond donors (Lipinski definition) is 9. The zero-order valence-corrected chi connectivity index (χ0v) is 63.2. The summed E-state index contributed by atoms with van der Waals surface area (Å²) in [5.74, 6) is 1.96. The molecular formula is C82H86N29O+. The zero-order chi connectivity index (χ0) is 75.9. The average molecular weight is 1490 g/mol. The second-order valence-corrected chi connectivity index (χ2v) is 29.7. The number of anilines is 2. The molecule has 2 fully saturated rings. The number of carbonyl (C=O) groups excluding carboxylic acids is 1. The van der Waals surface area contributed by atoms with Crippen molar-refractivity contribution in [2.75, 3.05) is 49.6 Å². The number of allylic oxidation sites excluding steroid dienone is 2. The first kappa shape index (κ1) is 70.5. The maximum atomic E-state index is 12.4. The molecule has 4 aliphatic carbocycles. The van der Waals surface area contributed by atoms with Crippen molar-refractivity contribution < 1.29 is 9.59 Å². The van der Waals surface area contributed by atoms with Crippen LogP contribution in [0.4, 0.5) is 17.2 Å². The van der Waals surface area contributed by atoms with E-state index < -0.39 is 0 Å². The Morgan fingerprint density at radius 2 is 1.31 bits per heavy atom. The highest BCUT2D eigenvalue weighted by Crippen LogP contribution is 2.45. The Balaban J connectivity index is 0.000000104. The molecule has 0 saturated carbocycles. The van der Waals surface area contributed by atoms with Gasteiger partial charge in [-0.15, -0.1) is 0 Å². The zero-order valence-electron chi connectivity index (χ0n) is 63.2. The summed E-state index contributed by atoms with van der Waals surface area (Å²) in [5, 5.41) is 73.8. The second-order valence-electron chi connectivity index (χ2n) is 29.7. The lowest BCUT2D eigenvalue weighted by Gasteiger charge is -2.32. The van der Waals surface area contributed by atoms with Crippen LogP contribution in [0.3, 0.4) is 0 Å². The Morgan fingerprint density at radius 1 is 0.625 bits per heavy atom. The number of fused-ring (bicyclic) bond motifs is 11. The van der Waals surface area contributed by atoms with Gasteiger partial charge in [0.1, 0.15) is 16.8 Å². The molecule has 0 spiro atoms. The van der Waals surface area contributed by atoms with Crippen LogP contribution in [0.1, 0.15) is 138 Å². The first-order valence-electron chi connectivity index (χ1n) is 38.6. The molecule has 12 aromatic heterocycles. The fourth-order valence-corrected chi connectivity index (χ4v) is 16.9. The Bertz CT molecular complexity index is 5990. The van der Waals surface area contributed by atoms with Gasteiger partial charge in [0.2, 0.25) is 5.91 Å². The van der Waals surface area contributed by atoms with Gasteiger partial charge in [-0.2, -0.15) is 35.7 Å². The van der Waals surface area contributed by atoms with E-state index >= 15 is 0 Å². The van der Waals surface area contributed by atoms with Crippen LogP contribution in [0.2, 0.25) is 0 Å². The molecule has 14 aromatic rings. The average Bonchev–Trinajstić information content (AvgIpc) is 1.71. The van der Waals surface area contributed by atoms with Crippen molar-refractivity contribution in [3.05, 3.63) is 190 Å². The second kappa shape index (κ2) is 30.4. The quantitative estimate of drug-likeness (QED) is 0.0429. The Hall–Kier alpha value is -13.1. The van der Waals surface area contributed by atoms with Crippen LogP contribution in [0.15, 0.2) is 133 Å². The number of nitrogens with zero attached hydrogens (tertiary/aromatic N) is 20. The molecule has 15 heterocycles. The monoisotopic (exact) mass is 1490 g/mol. The maximum absolute atomic E-state index is 12.4. The van der Waals surface area contributed by atoms with Gasteiger partial charge >= 0.3 is 0 Å². The number of pyridine rings is 4. The smallest absolute Gasteiger partial charge is 0.283 e. The lowest BCUT2D eigenvalue weighted by atomic mass is 9.77. The van der Waals surface area contributed by atoms with Gasteiger partial charge in [-0.25, -0.2) is 15.0 Å². The number of likely N-dealkylation sites (N-methyl/N-ethyl adjacent to an activating group) is 1. The molecule has 564 valence electrons. The highest BCUT2D eigenvalue weighted by Gasteiger charge is 2.44. The first-order chi connectivity index (χ1) is 55.0. The number of aliphatic imine (C=N–C) groups is 1. The molecule has 2 aromatic carbocycles. The number of hydrogen-bond acceptors (Lipinski definition) is 20. The van der Waals surface area contributed by atoms with E-state index in [0.717, 1.165) is 223 Å². The SMILES string of the molecule is C=Cc1[nH]ncc1-c1cnc(-c2cn[nH]c2C)cc1N1CCCC1=O.Cc1[nH]ncc1-c1nc2c(c3c1CCCC3)C1C([n+]3nnn[nH]3)=NNC1C=C2.Cc1[nH]ncc1-c1nc2ccc3[nH]nc(-c4ccncc4)c3c2c2c1CCCC2.Cc1[nH]ncc1C(=Nc1ccc2[nH]nc(N3CCN(C)CC3)c2c1)C1=CCCCC1. The number of benzene rings is 2. The number of carbonyl (C=O) groups is 1. The van der Waals surface area contributed by atoms with Crippen LogP contribution in [0.25, 0.3) is 101 Å². The van der Waals surface area contributed by atoms with E-state index in [1.54, 1.807) is 24.7 Å². The van der Waals surface area contributed by atoms with Crippen molar-refractivity contribution in [3.63, 3.8) is 0 Å². The van der Waals surface area contributed by atoms with Gasteiger partial charge in [-0.05, 0) is 217 Å². The number of aryl methyl sites for hydroxylation is 5. The summed E-state index contributed by atoms with van der Waals surface area (Å²) in [6.45, 7) is 16.8. The van der Waals surface area contributed by atoms with Crippen molar-refractivity contribution >= 4 is 79.5 Å². The summed E-state index contributed by atoms with van der Waals surface area (Å²) in [4.78, 5) is 44.6. The molecule has 2 atom stereocenters. The topological polar surface area (TPSA) is 374 Å². The van der Waals surface area contributed by atoms with E-state index in [-0.39, 0.29) is 17.9 Å². The van der Waals surface area contributed by atoms with Gasteiger partial charge in [-0.3, -0.25) is 55.9 Å². The van der Waals surface area contributed by atoms with Crippen LogP contribution < -0.4 is 20.0 Å². The fourth-order valence-electron chi connectivity index (χ4n) is 16.9. The van der Waals surface area contributed by atoms with Crippen LogP contribution >= 0.6 is 0 Å². The summed E-state index contributed by atoms with van der Waals surface area (Å²) in [6, 6.07) is 16.6. The van der Waals surface area contributed by atoms with Crippen molar-refractivity contribution in [2.45, 2.75) is 130 Å². The third-order valence-corrected chi connectivity index (χ3v) is 22.7. The van der Waals surface area contributed by atoms with E-state index in [4.69, 9.17) is 15.0 Å². The number of rotatable bonds is 11. The third-order valence-electron chi connectivity index (χ3n) is 22.7. The molecule has 0 radical (unpaired) electrons. The van der Waals surface area contributed by atoms with Gasteiger partial charge in [-0.1, -0.05) is 29.0 Å². The minimum atomic E-state index is 0.0265. The molecule has 7 aliphatic rings. The molecule has 21 rings (SSSR count). The Kier molecular flexibility index (Phi) is 19.1. The molecule has 2 saturated heterocycles. The fraction of sp³-hybridized carbons (Fsp3) is 0.317. The van der Waals surface area contributed by atoms with Gasteiger partial charge in [0, 0.05) is 136 Å². The summed E-state index contributed by atoms with van der Waals surface area (Å²) < 4.78 is 0. The summed E-state index contributed by atoms with van der Waals surface area (Å²) >= 11 is 0. The summed E-state index contributed by atoms with van der Waals surface area (Å²) in [6.07, 6.45) is 38.0. The predicted octanol–water partition coefficient (Wildman–Crippen LogP) is 12.1. The molecule has 30 heteroatoms. The van der Waals surface area contributed by atoms with Crippen LogP contribution in [0, 0.1) is 27.7 Å². The molecule has 9 N–H and O–H groups in total. The number of hydrazone groups is 1. The van der Waals surface area contributed by atoms with Crippen LogP contribution in [0.5, 0.6) is 0 Å². The van der Waals surface area contributed by atoms with Gasteiger partial charge < -0.3 is 14.7 Å². The van der Waals surface area contributed by atoms with E-state index in [2.05, 4.69) is 199 Å². The molecule has 1 amide bonds. The van der Waals surface area contributed by atoms with Crippen LogP contribution in [-0.4, -0.2) is 180 Å². The minimum Gasteiger partial charge on any atom is -0.352 e. The summed E-state index contributed by atoms with van der Waals surface area (Å²) in [5.41, 5.74) is 34.1. The number of nitrogens with one attached hydrogen (secondary N) is 9. The third kappa shape index (κ3) is 13.3. The lowest BCUT2D eigenvalue weighted by Crippen LogP contribution is -2.51. The molecular weight excluding hydrogens is 1410 g/mol. The van der Waals surface area contributed by atoms with E-state index in [1.165, 1.54) is 82.1 Å². The van der Waals surface area contributed by atoms with Crippen molar-refractivity contribution in [3.8, 4) is 56.2 Å². The molecule has 112 heavy (non-hydrogen) atoms. The molecule has 30 nitrogen and oxygen atoms in total. The maximum Gasteiger partial charge on any atom is 0.283 e. The lowest BCUT2D eigenvalue weighted by molar-refractivity contribution is -0.686. The van der Waals surface area contributed by atoms with E-state index in [9.17, 15) is 4.79 Å². The number of aromatic amines is 8. The normalized spacial score (nSPS) is 17.4. The number of amides is 1. The van der Waals surface area contributed by atoms with Crippen LogP contribution in [-0.2, 0) is 30.5 Å². The van der Waals surface area contributed by atoms with Gasteiger partial charge in [0.05, 0.1) is 104 Å². The van der Waals surface area contributed by atoms with E-state index in [0.29, 0.717) is 13.0 Å². The van der Waals surface area contributed by atoms with Crippen molar-refractivity contribution in [1.29, 1.82) is 0 Å². The molecule has 3 aliphatic heterocycles. The minimum absolute atomic E-state index is 0.0265. The number of piperazine rings is 1. The van der Waals surface area contributed by atoms with Crippen molar-refractivity contribution in [2.24, 2.45) is 10.1 Å². The van der Waals surface area contributed by atoms with Crippen molar-refractivity contribution in [1.82, 2.24) is 122 Å². The highest BCUT2D eigenvalue weighted by molar-refractivity contribution is 6.15. The molecule has 0 bridgehead atoms. The predicted molar refractivity (Wildman–Crippen MR) is 430 cm³/mol. The first-order valence-corrected chi connectivity index (χ1v) is 38.6. The largest absolute Gasteiger partial charge is 0.352 e. The number of aromatic nitrogens is 23. The van der Waals surface area contributed by atoms with E-state index in [1.807, 2.05) is 67.9 Å². The highest BCUT2D eigenvalue weighted by atomic mass is 16.2.